The van der Waals surface area contributed by atoms with Gasteiger partial charge in [0.2, 0.25) is 5.91 Å². The largest absolute Gasteiger partial charge is 0.490 e. The summed E-state index contributed by atoms with van der Waals surface area (Å²) in [5, 5.41) is 19.4. The van der Waals surface area contributed by atoms with Crippen LogP contribution >= 0.6 is 0 Å². The first-order valence-electron chi connectivity index (χ1n) is 12.6. The molecule has 0 spiro atoms. The molecule has 10 nitrogen and oxygen atoms in total. The summed E-state index contributed by atoms with van der Waals surface area (Å²) in [5.74, 6) is -3.97. The number of aryl methyl sites for hydroxylation is 1. The van der Waals surface area contributed by atoms with Crippen molar-refractivity contribution in [2.24, 2.45) is 0 Å². The summed E-state index contributed by atoms with van der Waals surface area (Å²) in [6, 6.07) is 12.0. The number of aliphatic carboxylic acids is 1. The van der Waals surface area contributed by atoms with Gasteiger partial charge in [-0.3, -0.25) is 14.5 Å². The highest BCUT2D eigenvalue weighted by Gasteiger charge is 2.38. The molecule has 218 valence electrons. The second kappa shape index (κ2) is 14.3. The van der Waals surface area contributed by atoms with E-state index in [0.29, 0.717) is 57.1 Å². The number of benzene rings is 2. The molecule has 0 atom stereocenters. The van der Waals surface area contributed by atoms with Crippen molar-refractivity contribution in [2.45, 2.75) is 26.9 Å². The standard InChI is InChI=1S/C25H32N4O4.C2HF3O2/c1-4-28(5-2)23(30)17-27-12-14-29(15-13-27)22-11-10-20(25(32)33)16-21(22)26-24(31)19-8-6-18(3)7-9-19;3-2(4,5)1(6)7/h6-11,16H,4-5,12-15,17H2,1-3H3,(H,26,31)(H,32,33);(H,6,7). The molecule has 1 heterocycles. The lowest BCUT2D eigenvalue weighted by Crippen LogP contribution is -2.50. The van der Waals surface area contributed by atoms with E-state index in [-0.39, 0.29) is 17.4 Å². The minimum absolute atomic E-state index is 0.112. The maximum Gasteiger partial charge on any atom is 0.490 e. The fraction of sp³-hybridized carbons (Fsp3) is 0.407. The van der Waals surface area contributed by atoms with E-state index < -0.39 is 18.1 Å². The molecule has 1 saturated heterocycles. The topological polar surface area (TPSA) is 130 Å². The Balaban J connectivity index is 0.000000708. The quantitative estimate of drug-likeness (QED) is 0.442. The van der Waals surface area contributed by atoms with E-state index in [1.54, 1.807) is 24.3 Å². The molecule has 3 rings (SSSR count). The Hall–Kier alpha value is -4.13. The molecule has 1 fully saturated rings. The number of rotatable bonds is 8. The van der Waals surface area contributed by atoms with Crippen molar-refractivity contribution in [3.63, 3.8) is 0 Å². The summed E-state index contributed by atoms with van der Waals surface area (Å²) in [5.41, 5.74) is 2.91. The highest BCUT2D eigenvalue weighted by Crippen LogP contribution is 2.29. The van der Waals surface area contributed by atoms with E-state index in [2.05, 4.69) is 15.1 Å². The van der Waals surface area contributed by atoms with E-state index in [1.165, 1.54) is 6.07 Å². The monoisotopic (exact) mass is 566 g/mol. The third-order valence-electron chi connectivity index (χ3n) is 6.24. The third-order valence-corrected chi connectivity index (χ3v) is 6.24. The molecule has 40 heavy (non-hydrogen) atoms. The fourth-order valence-electron chi connectivity index (χ4n) is 3.96. The van der Waals surface area contributed by atoms with E-state index in [9.17, 15) is 32.7 Å². The summed E-state index contributed by atoms with van der Waals surface area (Å²) in [6.07, 6.45) is -5.08. The zero-order valence-corrected chi connectivity index (χ0v) is 22.5. The molecule has 1 aliphatic rings. The number of amides is 2. The number of piperazine rings is 1. The number of hydrogen-bond donors (Lipinski definition) is 3. The Bertz CT molecular complexity index is 1190. The lowest BCUT2D eigenvalue weighted by Gasteiger charge is -2.37. The summed E-state index contributed by atoms with van der Waals surface area (Å²) < 4.78 is 31.7. The number of nitrogens with one attached hydrogen (secondary N) is 1. The molecule has 0 radical (unpaired) electrons. The zero-order chi connectivity index (χ0) is 30.0. The first kappa shape index (κ1) is 32.1. The van der Waals surface area contributed by atoms with Crippen LogP contribution in [0.4, 0.5) is 24.5 Å². The second-order valence-corrected chi connectivity index (χ2v) is 8.99. The number of carbonyl (C=O) groups excluding carboxylic acids is 2. The van der Waals surface area contributed by atoms with Crippen LogP contribution in [0.25, 0.3) is 0 Å². The molecule has 3 N–H and O–H groups in total. The highest BCUT2D eigenvalue weighted by atomic mass is 19.4. The Morgan fingerprint density at radius 1 is 0.900 bits per heavy atom. The molecule has 1 aliphatic heterocycles. The van der Waals surface area contributed by atoms with Gasteiger partial charge in [-0.2, -0.15) is 13.2 Å². The number of alkyl halides is 3. The van der Waals surface area contributed by atoms with Gasteiger partial charge in [0, 0.05) is 44.8 Å². The van der Waals surface area contributed by atoms with Gasteiger partial charge in [-0.1, -0.05) is 17.7 Å². The van der Waals surface area contributed by atoms with Crippen LogP contribution in [0.15, 0.2) is 42.5 Å². The summed E-state index contributed by atoms with van der Waals surface area (Å²) in [6.45, 7) is 10.5. The summed E-state index contributed by atoms with van der Waals surface area (Å²) in [7, 11) is 0. The predicted molar refractivity (Wildman–Crippen MR) is 143 cm³/mol. The van der Waals surface area contributed by atoms with Crippen LogP contribution in [0, 0.1) is 6.92 Å². The third kappa shape index (κ3) is 9.26. The Morgan fingerprint density at radius 2 is 1.43 bits per heavy atom. The summed E-state index contributed by atoms with van der Waals surface area (Å²) >= 11 is 0. The van der Waals surface area contributed by atoms with Gasteiger partial charge in [-0.05, 0) is 51.1 Å². The Morgan fingerprint density at radius 3 is 1.90 bits per heavy atom. The lowest BCUT2D eigenvalue weighted by atomic mass is 10.1. The molecule has 13 heteroatoms. The molecule has 2 aromatic rings. The molecule has 0 bridgehead atoms. The van der Waals surface area contributed by atoms with Crippen LogP contribution in [0.1, 0.15) is 40.1 Å². The molecule has 0 unspecified atom stereocenters. The molecule has 2 amide bonds. The number of halogens is 3. The van der Waals surface area contributed by atoms with Crippen molar-refractivity contribution in [1.82, 2.24) is 9.80 Å². The molecule has 0 aliphatic carbocycles. The fourth-order valence-corrected chi connectivity index (χ4v) is 3.96. The number of aromatic carboxylic acids is 1. The van der Waals surface area contributed by atoms with Crippen LogP contribution in [-0.2, 0) is 9.59 Å². The second-order valence-electron chi connectivity index (χ2n) is 8.99. The number of carboxylic acid groups (broad SMARTS) is 2. The first-order valence-corrected chi connectivity index (χ1v) is 12.6. The van der Waals surface area contributed by atoms with Crippen molar-refractivity contribution >= 4 is 35.1 Å². The van der Waals surface area contributed by atoms with Crippen LogP contribution in [0.5, 0.6) is 0 Å². The number of hydrogen-bond acceptors (Lipinski definition) is 6. The minimum atomic E-state index is -5.08. The number of likely N-dealkylation sites (N-methyl/N-ethyl adjacent to an activating group) is 1. The van der Waals surface area contributed by atoms with Crippen molar-refractivity contribution in [2.75, 3.05) is 56.0 Å². The number of anilines is 2. The maximum atomic E-state index is 12.8. The van der Waals surface area contributed by atoms with Gasteiger partial charge in [-0.15, -0.1) is 0 Å². The van der Waals surface area contributed by atoms with Crippen LogP contribution in [0.3, 0.4) is 0 Å². The van der Waals surface area contributed by atoms with Crippen molar-refractivity contribution in [3.05, 3.63) is 59.2 Å². The average molecular weight is 567 g/mol. The van der Waals surface area contributed by atoms with Crippen molar-refractivity contribution < 1.29 is 42.6 Å². The van der Waals surface area contributed by atoms with E-state index in [4.69, 9.17) is 9.90 Å². The number of carbonyl (C=O) groups is 4. The number of carboxylic acids is 2. The molecular formula is C27H33F3N4O6. The van der Waals surface area contributed by atoms with Gasteiger partial charge in [0.1, 0.15) is 0 Å². The maximum absolute atomic E-state index is 12.8. The van der Waals surface area contributed by atoms with Crippen molar-refractivity contribution in [1.29, 1.82) is 0 Å². The number of nitrogens with zero attached hydrogens (tertiary/aromatic N) is 3. The summed E-state index contributed by atoms with van der Waals surface area (Å²) in [4.78, 5) is 51.7. The predicted octanol–water partition coefficient (Wildman–Crippen LogP) is 3.57. The molecule has 0 saturated carbocycles. The zero-order valence-electron chi connectivity index (χ0n) is 22.5. The van der Waals surface area contributed by atoms with Crippen LogP contribution in [-0.4, -0.2) is 95.8 Å². The van der Waals surface area contributed by atoms with E-state index >= 15 is 0 Å². The SMILES string of the molecule is CCN(CC)C(=O)CN1CCN(c2ccc(C(=O)O)cc2NC(=O)c2ccc(C)cc2)CC1.O=C(O)C(F)(F)F. The molecular weight excluding hydrogens is 533 g/mol. The van der Waals surface area contributed by atoms with E-state index in [1.807, 2.05) is 37.8 Å². The first-order chi connectivity index (χ1) is 18.8. The van der Waals surface area contributed by atoms with Gasteiger partial charge < -0.3 is 25.3 Å². The molecule has 2 aromatic carbocycles. The highest BCUT2D eigenvalue weighted by molar-refractivity contribution is 6.06. The van der Waals surface area contributed by atoms with Crippen LogP contribution in [0.2, 0.25) is 0 Å². The van der Waals surface area contributed by atoms with E-state index in [0.717, 1.165) is 11.3 Å². The van der Waals surface area contributed by atoms with Gasteiger partial charge in [0.25, 0.3) is 5.91 Å². The molecule has 0 aromatic heterocycles. The van der Waals surface area contributed by atoms with Gasteiger partial charge >= 0.3 is 18.1 Å². The lowest BCUT2D eigenvalue weighted by molar-refractivity contribution is -0.192. The van der Waals surface area contributed by atoms with Gasteiger partial charge in [0.15, 0.2) is 0 Å². The Kier molecular flexibility index (Phi) is 11.5. The minimum Gasteiger partial charge on any atom is -0.478 e. The van der Waals surface area contributed by atoms with Gasteiger partial charge in [-0.25, -0.2) is 9.59 Å². The average Bonchev–Trinajstić information content (AvgIpc) is 2.90. The van der Waals surface area contributed by atoms with Crippen LogP contribution < -0.4 is 10.2 Å². The normalized spacial score (nSPS) is 13.6. The van der Waals surface area contributed by atoms with Crippen molar-refractivity contribution in [3.8, 4) is 0 Å². The smallest absolute Gasteiger partial charge is 0.478 e. The Labute approximate surface area is 230 Å². The van der Waals surface area contributed by atoms with Gasteiger partial charge in [0.05, 0.1) is 23.5 Å².